The average Bonchev–Trinajstić information content (AvgIpc) is 2.70. The zero-order chi connectivity index (χ0) is 22.8. The maximum Gasteiger partial charge on any atom is 0.343 e. The Bertz CT molecular complexity index is 843. The molecule has 0 saturated heterocycles. The Kier molecular flexibility index (Phi) is 9.96. The van der Waals surface area contributed by atoms with Crippen LogP contribution in [-0.2, 0) is 9.53 Å². The summed E-state index contributed by atoms with van der Waals surface area (Å²) in [7, 11) is 0. The largest absolute Gasteiger partial charge is 0.462 e. The zero-order valence-electron chi connectivity index (χ0n) is 16.9. The number of carbonyl (C=O) groups excluding carboxylic acids is 2. The third-order valence-corrected chi connectivity index (χ3v) is 4.09. The molecule has 0 unspecified atom stereocenters. The molecule has 30 heavy (non-hydrogen) atoms. The van der Waals surface area contributed by atoms with Gasteiger partial charge in [-0.25, -0.2) is 19.0 Å². The van der Waals surface area contributed by atoms with Crippen molar-refractivity contribution in [2.24, 2.45) is 0 Å². The Morgan fingerprint density at radius 2 is 1.73 bits per heavy atom. The highest BCUT2D eigenvalue weighted by molar-refractivity contribution is 6.25. The van der Waals surface area contributed by atoms with Gasteiger partial charge in [0.1, 0.15) is 17.0 Å². The van der Waals surface area contributed by atoms with Crippen LogP contribution in [0.3, 0.4) is 0 Å². The number of esters is 1. The van der Waals surface area contributed by atoms with Gasteiger partial charge >= 0.3 is 11.7 Å². The molecule has 0 fully saturated rings. The number of hydrazine groups is 1. The highest BCUT2D eigenvalue weighted by Crippen LogP contribution is 2.32. The number of nitro benzene ring substituents is 1. The van der Waals surface area contributed by atoms with E-state index in [1.165, 1.54) is 0 Å². The zero-order valence-corrected chi connectivity index (χ0v) is 16.9. The van der Waals surface area contributed by atoms with Crippen LogP contribution in [0.4, 0.5) is 18.9 Å². The minimum Gasteiger partial charge on any atom is -0.462 e. The van der Waals surface area contributed by atoms with E-state index in [0.29, 0.717) is 19.4 Å². The number of unbranched alkanes of at least 4 members (excludes halogenated alkanes) is 2. The van der Waals surface area contributed by atoms with Crippen LogP contribution < -0.4 is 10.9 Å². The highest BCUT2D eigenvalue weighted by Gasteiger charge is 2.37. The van der Waals surface area contributed by atoms with E-state index in [1.807, 2.05) is 13.8 Å². The minimum absolute atomic E-state index is 0.0510. The Hall–Kier alpha value is -2.95. The molecular formula is C19H24F3N3O5. The third-order valence-electron chi connectivity index (χ3n) is 4.09. The Morgan fingerprint density at radius 3 is 2.30 bits per heavy atom. The molecule has 1 aromatic rings. The number of hydrogen-bond acceptors (Lipinski definition) is 7. The molecule has 1 aromatic carbocycles. The molecule has 0 aliphatic carbocycles. The predicted octanol–water partition coefficient (Wildman–Crippen LogP) is 3.62. The number of ketones is 1. The van der Waals surface area contributed by atoms with E-state index in [4.69, 9.17) is 4.74 Å². The molecule has 0 spiro atoms. The fourth-order valence-electron chi connectivity index (χ4n) is 2.34. The maximum absolute atomic E-state index is 14.6. The maximum atomic E-state index is 14.6. The van der Waals surface area contributed by atoms with Crippen molar-refractivity contribution in [2.45, 2.75) is 46.5 Å². The van der Waals surface area contributed by atoms with Crippen molar-refractivity contribution in [3.63, 3.8) is 0 Å². The van der Waals surface area contributed by atoms with E-state index >= 15 is 0 Å². The van der Waals surface area contributed by atoms with Crippen molar-refractivity contribution in [2.75, 3.05) is 13.2 Å². The lowest BCUT2D eigenvalue weighted by Crippen LogP contribution is -2.30. The number of nitrogens with one attached hydrogen (secondary N) is 2. The van der Waals surface area contributed by atoms with Crippen molar-refractivity contribution >= 4 is 17.4 Å². The molecule has 2 N–H and O–H groups in total. The number of nitrogens with zero attached hydrogens (tertiary/aromatic N) is 1. The first-order valence-corrected chi connectivity index (χ1v) is 9.40. The van der Waals surface area contributed by atoms with E-state index in [9.17, 15) is 32.9 Å². The number of benzene rings is 1. The number of nitro groups is 1. The normalized spacial score (nSPS) is 11.3. The van der Waals surface area contributed by atoms with Crippen molar-refractivity contribution < 1.29 is 32.4 Å². The molecule has 1 rings (SSSR count). The molecule has 0 amide bonds. The summed E-state index contributed by atoms with van der Waals surface area (Å²) in [6.45, 7) is 4.99. The van der Waals surface area contributed by atoms with E-state index in [0.717, 1.165) is 26.0 Å². The highest BCUT2D eigenvalue weighted by atomic mass is 19.2. The number of ether oxygens (including phenoxy) is 1. The quantitative estimate of drug-likeness (QED) is 0.0598. The van der Waals surface area contributed by atoms with Crippen molar-refractivity contribution in [3.8, 4) is 0 Å². The van der Waals surface area contributed by atoms with E-state index in [2.05, 4.69) is 10.9 Å². The monoisotopic (exact) mass is 431 g/mol. The van der Waals surface area contributed by atoms with Gasteiger partial charge in [0.2, 0.25) is 11.6 Å². The lowest BCUT2D eigenvalue weighted by Gasteiger charge is -2.12. The fourth-order valence-corrected chi connectivity index (χ4v) is 2.34. The van der Waals surface area contributed by atoms with Gasteiger partial charge < -0.3 is 10.2 Å². The van der Waals surface area contributed by atoms with E-state index in [-0.39, 0.29) is 6.61 Å². The molecule has 166 valence electrons. The van der Waals surface area contributed by atoms with Crippen molar-refractivity contribution in [3.05, 3.63) is 50.5 Å². The molecule has 0 radical (unpaired) electrons. The smallest absolute Gasteiger partial charge is 0.343 e. The molecule has 8 nitrogen and oxygen atoms in total. The molecule has 0 atom stereocenters. The van der Waals surface area contributed by atoms with Gasteiger partial charge in [-0.05, 0) is 19.8 Å². The number of halogens is 3. The predicted molar refractivity (Wildman–Crippen MR) is 102 cm³/mol. The summed E-state index contributed by atoms with van der Waals surface area (Å²) in [6, 6.07) is 0. The summed E-state index contributed by atoms with van der Waals surface area (Å²) < 4.78 is 47.4. The average molecular weight is 431 g/mol. The number of carbonyl (C=O) groups is 2. The number of Topliss-reactive ketones (excluding diaryl/α,β-unsaturated/α-hetero) is 1. The second kappa shape index (κ2) is 11.9. The first-order valence-electron chi connectivity index (χ1n) is 9.40. The summed E-state index contributed by atoms with van der Waals surface area (Å²) in [6.07, 6.45) is 3.63. The van der Waals surface area contributed by atoms with Gasteiger partial charge in [0, 0.05) is 18.3 Å². The number of rotatable bonds is 12. The van der Waals surface area contributed by atoms with Gasteiger partial charge in [0.25, 0.3) is 0 Å². The molecule has 0 aliphatic rings. The van der Waals surface area contributed by atoms with Crippen molar-refractivity contribution in [1.29, 1.82) is 0 Å². The topological polar surface area (TPSA) is 111 Å². The fraction of sp³-hybridized carbons (Fsp3) is 0.474. The summed E-state index contributed by atoms with van der Waals surface area (Å²) in [5, 5.41) is 11.2. The molecule has 0 bridgehead atoms. The van der Waals surface area contributed by atoms with Gasteiger partial charge in [-0.3, -0.25) is 14.9 Å². The van der Waals surface area contributed by atoms with Crippen LogP contribution in [0.1, 0.15) is 55.5 Å². The lowest BCUT2D eigenvalue weighted by molar-refractivity contribution is -0.388. The summed E-state index contributed by atoms with van der Waals surface area (Å²) >= 11 is 0. The second-order valence-corrected chi connectivity index (χ2v) is 6.35. The van der Waals surface area contributed by atoms with Crippen LogP contribution in [0.2, 0.25) is 0 Å². The van der Waals surface area contributed by atoms with Crippen LogP contribution in [0.5, 0.6) is 0 Å². The van der Waals surface area contributed by atoms with Crippen LogP contribution in [-0.4, -0.2) is 29.8 Å². The van der Waals surface area contributed by atoms with Gasteiger partial charge in [-0.15, -0.1) is 0 Å². The Labute approximate surface area is 171 Å². The van der Waals surface area contributed by atoms with E-state index < -0.39 is 56.5 Å². The van der Waals surface area contributed by atoms with Gasteiger partial charge in [-0.2, -0.15) is 4.39 Å². The second-order valence-electron chi connectivity index (χ2n) is 6.35. The van der Waals surface area contributed by atoms with Gasteiger partial charge in [0.05, 0.1) is 11.5 Å². The summed E-state index contributed by atoms with van der Waals surface area (Å²) in [5.74, 6) is -8.10. The molecule has 0 heterocycles. The van der Waals surface area contributed by atoms with Gasteiger partial charge in [0.15, 0.2) is 5.82 Å². The molecule has 0 saturated carbocycles. The van der Waals surface area contributed by atoms with Crippen LogP contribution in [0, 0.1) is 34.5 Å². The van der Waals surface area contributed by atoms with Crippen LogP contribution >= 0.6 is 0 Å². The van der Waals surface area contributed by atoms with Crippen LogP contribution in [0.15, 0.2) is 11.8 Å². The molecule has 11 heteroatoms. The molecular weight excluding hydrogens is 407 g/mol. The minimum atomic E-state index is -1.99. The van der Waals surface area contributed by atoms with Crippen molar-refractivity contribution in [1.82, 2.24) is 10.9 Å². The molecule has 0 aliphatic heterocycles. The Morgan fingerprint density at radius 1 is 1.10 bits per heavy atom. The lowest BCUT2D eigenvalue weighted by atomic mass is 9.98. The molecule has 0 aromatic heterocycles. The summed E-state index contributed by atoms with van der Waals surface area (Å²) in [4.78, 5) is 35.0. The van der Waals surface area contributed by atoms with Crippen LogP contribution in [0.25, 0.3) is 0 Å². The van der Waals surface area contributed by atoms with E-state index in [1.54, 1.807) is 0 Å². The third kappa shape index (κ3) is 6.02. The standard InChI is InChI=1S/C19H24F3N3O5/c1-4-6-8-23-24-10-12(19(27)30-9-7-5-2)18(26)13-14(20)11(3)15(21)16(22)17(13)25(28)29/h10,23-24H,4-9H2,1-3H3/b12-10+. The van der Waals surface area contributed by atoms with Gasteiger partial charge in [-0.1, -0.05) is 26.7 Å². The number of hydrogen-bond donors (Lipinski definition) is 2. The first-order chi connectivity index (χ1) is 14.2. The summed E-state index contributed by atoms with van der Waals surface area (Å²) in [5.41, 5.74) is 0.369. The Balaban J connectivity index is 3.43. The first kappa shape index (κ1) is 25.1. The SMILES string of the molecule is CCCCNN/C=C(/C(=O)OCCCC)C(=O)c1c(F)c(C)c(F)c(F)c1[N+](=O)[O-].